The lowest BCUT2D eigenvalue weighted by molar-refractivity contribution is -0.122. The molecule has 96 valence electrons. The molecule has 1 aromatic carbocycles. The van der Waals surface area contributed by atoms with Gasteiger partial charge in [0.2, 0.25) is 5.91 Å². The number of nitrogens with two attached hydrogens (primary N) is 1. The molecule has 1 aromatic rings. The topological polar surface area (TPSA) is 55.1 Å². The van der Waals surface area contributed by atoms with E-state index in [0.717, 1.165) is 36.4 Å². The summed E-state index contributed by atoms with van der Waals surface area (Å²) in [7, 11) is 0. The lowest BCUT2D eigenvalue weighted by atomic mass is 9.85. The first-order valence-electron chi connectivity index (χ1n) is 6.52. The van der Waals surface area contributed by atoms with Crippen LogP contribution in [0.15, 0.2) is 18.2 Å². The highest BCUT2D eigenvalue weighted by atomic mass is 35.5. The number of nitrogens with one attached hydrogen (secondary N) is 1. The minimum atomic E-state index is -0.182. The number of amides is 1. The minimum absolute atomic E-state index is 0.0660. The van der Waals surface area contributed by atoms with E-state index in [0.29, 0.717) is 5.92 Å². The summed E-state index contributed by atoms with van der Waals surface area (Å²) in [6.45, 7) is 0. The Labute approximate surface area is 112 Å². The number of halogens is 1. The molecule has 4 heteroatoms. The van der Waals surface area contributed by atoms with E-state index in [2.05, 4.69) is 5.32 Å². The maximum atomic E-state index is 11.6. The van der Waals surface area contributed by atoms with Crippen LogP contribution in [-0.4, -0.2) is 11.9 Å². The van der Waals surface area contributed by atoms with Crippen molar-refractivity contribution in [1.82, 2.24) is 0 Å². The summed E-state index contributed by atoms with van der Waals surface area (Å²) < 4.78 is 0. The molecule has 1 aliphatic heterocycles. The Kier molecular flexibility index (Phi) is 2.94. The zero-order valence-corrected chi connectivity index (χ0v) is 10.9. The number of rotatable bonds is 1. The summed E-state index contributed by atoms with van der Waals surface area (Å²) in [4.78, 5) is 11.6. The molecule has 1 aliphatic carbocycles. The number of fused-ring (bicyclic) bond motifs is 3. The van der Waals surface area contributed by atoms with E-state index in [1.807, 2.05) is 18.2 Å². The van der Waals surface area contributed by atoms with Gasteiger partial charge in [0.25, 0.3) is 0 Å². The summed E-state index contributed by atoms with van der Waals surface area (Å²) in [5, 5.41) is 4.24. The van der Waals surface area contributed by atoms with Crippen LogP contribution in [0, 0.1) is 5.92 Å². The normalized spacial score (nSPS) is 29.9. The Bertz CT molecular complexity index is 489. The second kappa shape index (κ2) is 4.47. The number of benzene rings is 1. The lowest BCUT2D eigenvalue weighted by Gasteiger charge is -2.24. The van der Waals surface area contributed by atoms with Gasteiger partial charge in [-0.3, -0.25) is 4.79 Å². The molecule has 0 aromatic heterocycles. The third kappa shape index (κ3) is 1.87. The molecule has 0 unspecified atom stereocenters. The van der Waals surface area contributed by atoms with Crippen molar-refractivity contribution in [2.75, 3.05) is 5.32 Å². The van der Waals surface area contributed by atoms with Crippen LogP contribution < -0.4 is 11.1 Å². The molecule has 1 amide bonds. The van der Waals surface area contributed by atoms with Crippen LogP contribution in [0.4, 0.5) is 5.69 Å². The molecule has 3 atom stereocenters. The lowest BCUT2D eigenvalue weighted by Crippen LogP contribution is -2.38. The van der Waals surface area contributed by atoms with Crippen LogP contribution in [0.5, 0.6) is 0 Å². The summed E-state index contributed by atoms with van der Waals surface area (Å²) in [5.74, 6) is 0.126. The first-order valence-corrected chi connectivity index (χ1v) is 6.90. The molecule has 0 radical (unpaired) electrons. The van der Waals surface area contributed by atoms with E-state index in [-0.39, 0.29) is 17.9 Å². The fourth-order valence-electron chi connectivity index (χ4n) is 3.39. The Balaban J connectivity index is 1.99. The zero-order chi connectivity index (χ0) is 12.7. The maximum Gasteiger partial charge on any atom is 0.222 e. The zero-order valence-electron chi connectivity index (χ0n) is 10.2. The van der Waals surface area contributed by atoms with Gasteiger partial charge in [0, 0.05) is 22.7 Å². The van der Waals surface area contributed by atoms with Crippen LogP contribution >= 0.6 is 11.6 Å². The van der Waals surface area contributed by atoms with Gasteiger partial charge in [-0.2, -0.15) is 0 Å². The van der Waals surface area contributed by atoms with E-state index in [1.54, 1.807) is 0 Å². The second-order valence-corrected chi connectivity index (χ2v) is 5.74. The SMILES string of the molecule is NC(=O)[C@@H]1CCCC[C@H]2c3cc(Cl)ccc3N[C@H]12. The van der Waals surface area contributed by atoms with Crippen LogP contribution in [0.2, 0.25) is 5.02 Å². The number of carbonyl (C=O) groups is 1. The number of carbonyl (C=O) groups excluding carboxylic acids is 1. The summed E-state index contributed by atoms with van der Waals surface area (Å²) >= 11 is 6.07. The molecular formula is C14H17ClN2O. The van der Waals surface area contributed by atoms with Crippen molar-refractivity contribution in [2.24, 2.45) is 11.7 Å². The van der Waals surface area contributed by atoms with Gasteiger partial charge in [0.05, 0.1) is 5.92 Å². The van der Waals surface area contributed by atoms with Crippen molar-refractivity contribution in [1.29, 1.82) is 0 Å². The van der Waals surface area contributed by atoms with Crippen molar-refractivity contribution in [3.8, 4) is 0 Å². The molecular weight excluding hydrogens is 248 g/mol. The van der Waals surface area contributed by atoms with E-state index < -0.39 is 0 Å². The Morgan fingerprint density at radius 1 is 1.33 bits per heavy atom. The molecule has 3 N–H and O–H groups in total. The first-order chi connectivity index (χ1) is 8.66. The molecule has 2 aliphatic rings. The van der Waals surface area contributed by atoms with E-state index in [4.69, 9.17) is 17.3 Å². The first kappa shape index (κ1) is 11.8. The standard InChI is InChI=1S/C14H17ClN2O/c15-8-5-6-12-11(7-8)9-3-1-2-4-10(14(16)18)13(9)17-12/h5-7,9-10,13,17H,1-4H2,(H2,16,18)/t9-,10+,13-/m0/s1. The molecule has 1 saturated carbocycles. The summed E-state index contributed by atoms with van der Waals surface area (Å²) in [5.41, 5.74) is 7.92. The Hall–Kier alpha value is -1.22. The van der Waals surface area contributed by atoms with Crippen molar-refractivity contribution in [3.05, 3.63) is 28.8 Å². The van der Waals surface area contributed by atoms with Crippen LogP contribution in [0.1, 0.15) is 37.2 Å². The quantitative estimate of drug-likeness (QED) is 0.819. The number of anilines is 1. The average Bonchev–Trinajstić information content (AvgIpc) is 2.55. The molecule has 0 saturated heterocycles. The van der Waals surface area contributed by atoms with E-state index in [9.17, 15) is 4.79 Å². The Morgan fingerprint density at radius 3 is 2.89 bits per heavy atom. The van der Waals surface area contributed by atoms with E-state index >= 15 is 0 Å². The van der Waals surface area contributed by atoms with Gasteiger partial charge >= 0.3 is 0 Å². The van der Waals surface area contributed by atoms with Gasteiger partial charge < -0.3 is 11.1 Å². The van der Waals surface area contributed by atoms with Crippen molar-refractivity contribution in [3.63, 3.8) is 0 Å². The number of hydrogen-bond acceptors (Lipinski definition) is 2. The van der Waals surface area contributed by atoms with Crippen LogP contribution in [-0.2, 0) is 4.79 Å². The van der Waals surface area contributed by atoms with E-state index in [1.165, 1.54) is 5.56 Å². The van der Waals surface area contributed by atoms with Gasteiger partial charge in [-0.15, -0.1) is 0 Å². The van der Waals surface area contributed by atoms with Crippen molar-refractivity contribution < 1.29 is 4.79 Å². The summed E-state index contributed by atoms with van der Waals surface area (Å²) in [6.07, 6.45) is 4.23. The minimum Gasteiger partial charge on any atom is -0.381 e. The highest BCUT2D eigenvalue weighted by Gasteiger charge is 2.40. The highest BCUT2D eigenvalue weighted by Crippen LogP contribution is 2.45. The van der Waals surface area contributed by atoms with Gasteiger partial charge in [-0.05, 0) is 36.6 Å². The highest BCUT2D eigenvalue weighted by molar-refractivity contribution is 6.30. The number of primary amides is 1. The van der Waals surface area contributed by atoms with Gasteiger partial charge in [0.15, 0.2) is 0 Å². The molecule has 1 heterocycles. The predicted octanol–water partition coefficient (Wildman–Crippen LogP) is 2.89. The average molecular weight is 265 g/mol. The third-order valence-electron chi connectivity index (χ3n) is 4.25. The molecule has 0 spiro atoms. The largest absolute Gasteiger partial charge is 0.381 e. The van der Waals surface area contributed by atoms with Gasteiger partial charge in [-0.25, -0.2) is 0 Å². The molecule has 1 fully saturated rings. The Morgan fingerprint density at radius 2 is 2.11 bits per heavy atom. The van der Waals surface area contributed by atoms with Gasteiger partial charge in [0.1, 0.15) is 0 Å². The third-order valence-corrected chi connectivity index (χ3v) is 4.48. The van der Waals surface area contributed by atoms with Crippen molar-refractivity contribution >= 4 is 23.2 Å². The summed E-state index contributed by atoms with van der Waals surface area (Å²) in [6, 6.07) is 6.07. The maximum absolute atomic E-state index is 11.6. The van der Waals surface area contributed by atoms with Gasteiger partial charge in [-0.1, -0.05) is 24.4 Å². The molecule has 3 rings (SSSR count). The predicted molar refractivity (Wildman–Crippen MR) is 72.8 cm³/mol. The molecule has 3 nitrogen and oxygen atoms in total. The smallest absolute Gasteiger partial charge is 0.222 e. The fraction of sp³-hybridized carbons (Fsp3) is 0.500. The van der Waals surface area contributed by atoms with Crippen LogP contribution in [0.25, 0.3) is 0 Å². The van der Waals surface area contributed by atoms with Crippen molar-refractivity contribution in [2.45, 2.75) is 37.6 Å². The fourth-order valence-corrected chi connectivity index (χ4v) is 3.57. The molecule has 18 heavy (non-hydrogen) atoms. The number of hydrogen-bond donors (Lipinski definition) is 2. The van der Waals surface area contributed by atoms with Crippen LogP contribution in [0.3, 0.4) is 0 Å². The monoisotopic (exact) mass is 264 g/mol. The molecule has 0 bridgehead atoms. The second-order valence-electron chi connectivity index (χ2n) is 5.30.